The number of carbonyl (C=O) groups is 4. The molecule has 4 N–H and O–H groups in total. The van der Waals surface area contributed by atoms with Gasteiger partial charge in [0.2, 0.25) is 17.7 Å². The summed E-state index contributed by atoms with van der Waals surface area (Å²) in [5.41, 5.74) is 3.52. The van der Waals surface area contributed by atoms with E-state index in [2.05, 4.69) is 39.7 Å². The van der Waals surface area contributed by atoms with Crippen molar-refractivity contribution in [2.75, 3.05) is 24.5 Å². The zero-order valence-corrected chi connectivity index (χ0v) is 27.8. The molecule has 3 aromatic rings. The van der Waals surface area contributed by atoms with Crippen molar-refractivity contribution in [1.82, 2.24) is 25.8 Å². The molecule has 0 bridgehead atoms. The quantitative estimate of drug-likeness (QED) is 0.322. The molecule has 3 fully saturated rings. The number of fused-ring (bicyclic) bond motifs is 2. The summed E-state index contributed by atoms with van der Waals surface area (Å²) in [7, 11) is 0. The maximum atomic E-state index is 14.4. The Morgan fingerprint density at radius 3 is 2.47 bits per heavy atom. The van der Waals surface area contributed by atoms with Gasteiger partial charge in [-0.3, -0.25) is 19.2 Å². The van der Waals surface area contributed by atoms with Gasteiger partial charge < -0.3 is 30.7 Å². The molecule has 0 spiro atoms. The number of benzene rings is 2. The van der Waals surface area contributed by atoms with Gasteiger partial charge in [-0.05, 0) is 79.8 Å². The minimum Gasteiger partial charge on any atom is -0.372 e. The fraction of sp³-hybridized carbons (Fsp3) is 0.514. The summed E-state index contributed by atoms with van der Waals surface area (Å²) in [5.74, 6) is -0.654. The minimum absolute atomic E-state index is 0.0875. The highest BCUT2D eigenvalue weighted by atomic mass is 16.2. The van der Waals surface area contributed by atoms with Gasteiger partial charge >= 0.3 is 0 Å². The van der Waals surface area contributed by atoms with E-state index in [0.29, 0.717) is 18.4 Å². The Bertz CT molecular complexity index is 1590. The van der Waals surface area contributed by atoms with Crippen LogP contribution in [0.4, 0.5) is 5.69 Å². The molecule has 5 atom stereocenters. The van der Waals surface area contributed by atoms with Crippen LogP contribution in [0.2, 0.25) is 0 Å². The summed E-state index contributed by atoms with van der Waals surface area (Å²) in [6.45, 7) is 8.43. The van der Waals surface area contributed by atoms with Crippen molar-refractivity contribution in [2.45, 2.75) is 89.9 Å². The van der Waals surface area contributed by atoms with Crippen molar-refractivity contribution in [1.29, 1.82) is 0 Å². The highest BCUT2D eigenvalue weighted by Crippen LogP contribution is 2.26. The van der Waals surface area contributed by atoms with Crippen molar-refractivity contribution in [3.8, 4) is 0 Å². The molecule has 0 saturated carbocycles. The first-order chi connectivity index (χ1) is 22.7. The van der Waals surface area contributed by atoms with E-state index in [1.54, 1.807) is 4.90 Å². The van der Waals surface area contributed by atoms with E-state index < -0.39 is 18.1 Å². The topological polar surface area (TPSA) is 127 Å². The number of rotatable bonds is 6. The highest BCUT2D eigenvalue weighted by molar-refractivity contribution is 5.96. The van der Waals surface area contributed by atoms with E-state index in [9.17, 15) is 19.2 Å². The van der Waals surface area contributed by atoms with Gasteiger partial charge in [-0.25, -0.2) is 0 Å². The van der Waals surface area contributed by atoms with E-state index in [4.69, 9.17) is 0 Å². The van der Waals surface area contributed by atoms with Crippen molar-refractivity contribution in [2.24, 2.45) is 11.8 Å². The van der Waals surface area contributed by atoms with Gasteiger partial charge in [0.1, 0.15) is 12.1 Å². The number of H-pyrrole nitrogens is 1. The maximum Gasteiger partial charge on any atom is 0.251 e. The van der Waals surface area contributed by atoms with E-state index in [-0.39, 0.29) is 54.5 Å². The zero-order chi connectivity index (χ0) is 33.1. The number of hydrogen-bond donors (Lipinski definition) is 4. The normalized spacial score (nSPS) is 26.0. The maximum absolute atomic E-state index is 14.4. The van der Waals surface area contributed by atoms with Crippen molar-refractivity contribution < 1.29 is 19.2 Å². The van der Waals surface area contributed by atoms with Crippen LogP contribution in [0.3, 0.4) is 0 Å². The van der Waals surface area contributed by atoms with Crippen LogP contribution in [0.25, 0.3) is 10.9 Å². The summed E-state index contributed by atoms with van der Waals surface area (Å²) in [5, 5.41) is 10.4. The largest absolute Gasteiger partial charge is 0.372 e. The summed E-state index contributed by atoms with van der Waals surface area (Å²) < 4.78 is 0. The van der Waals surface area contributed by atoms with Crippen LogP contribution < -0.4 is 20.9 Å². The minimum atomic E-state index is -0.863. The summed E-state index contributed by atoms with van der Waals surface area (Å²) in [6, 6.07) is 13.4. The van der Waals surface area contributed by atoms with Gasteiger partial charge in [-0.15, -0.1) is 0 Å². The van der Waals surface area contributed by atoms with Crippen LogP contribution in [-0.4, -0.2) is 77.3 Å². The lowest BCUT2D eigenvalue weighted by atomic mass is 9.92. The second kappa shape index (κ2) is 14.2. The number of amides is 4. The predicted octanol–water partition coefficient (Wildman–Crippen LogP) is 4.16. The molecule has 0 unspecified atom stereocenters. The van der Waals surface area contributed by atoms with Gasteiger partial charge in [0, 0.05) is 72.9 Å². The third-order valence-corrected chi connectivity index (χ3v) is 10.2. The van der Waals surface area contributed by atoms with Crippen molar-refractivity contribution in [3.63, 3.8) is 0 Å². The molecule has 250 valence electrons. The lowest BCUT2D eigenvalue weighted by Gasteiger charge is -2.30. The number of nitrogens with one attached hydrogen (secondary N) is 4. The van der Waals surface area contributed by atoms with Gasteiger partial charge in [0.15, 0.2) is 0 Å². The standard InChI is InChI=1S/C37H48N6O4/c1-23(2)30-15-10-24(3)18-34(44)40-32(19-26-21-38-31-9-5-4-8-29(26)31)37(47)43-22-27(20-33(43)36(46)41-30)39-35(45)25-11-13-28(14-12-25)42-16-6-7-17-42/h4-5,8-9,11-14,21,23-24,27,30,32-33,38H,6-7,10,15-20,22H2,1-3H3,(H,39,45)(H,40,44)(H,41,46)/t24-,27-,30+,32-,33+/m1/s1. The van der Waals surface area contributed by atoms with Crippen LogP contribution in [0, 0.1) is 11.8 Å². The molecule has 0 aliphatic carbocycles. The molecule has 1 aromatic heterocycles. The number of hydrogen-bond acceptors (Lipinski definition) is 5. The number of nitrogens with zero attached hydrogens (tertiary/aromatic N) is 2. The Hall–Kier alpha value is -4.34. The summed E-state index contributed by atoms with van der Waals surface area (Å²) in [6.07, 6.45) is 6.63. The molecular weight excluding hydrogens is 592 g/mol. The second-order valence-electron chi connectivity index (χ2n) is 14.1. The van der Waals surface area contributed by atoms with E-state index in [0.717, 1.165) is 48.1 Å². The van der Waals surface area contributed by atoms with Gasteiger partial charge in [0.25, 0.3) is 5.91 Å². The van der Waals surface area contributed by atoms with E-state index >= 15 is 0 Å². The number of anilines is 1. The third-order valence-electron chi connectivity index (χ3n) is 10.2. The van der Waals surface area contributed by atoms with Crippen LogP contribution in [0.1, 0.15) is 75.2 Å². The molecule has 4 heterocycles. The smallest absolute Gasteiger partial charge is 0.251 e. The number of aromatic nitrogens is 1. The summed E-state index contributed by atoms with van der Waals surface area (Å²) >= 11 is 0. The zero-order valence-electron chi connectivity index (χ0n) is 27.8. The van der Waals surface area contributed by atoms with Gasteiger partial charge in [-0.2, -0.15) is 0 Å². The Kier molecular flexibility index (Phi) is 9.84. The number of aromatic amines is 1. The van der Waals surface area contributed by atoms with Crippen molar-refractivity contribution in [3.05, 3.63) is 65.9 Å². The van der Waals surface area contributed by atoms with Crippen LogP contribution in [0.15, 0.2) is 54.7 Å². The van der Waals surface area contributed by atoms with Crippen LogP contribution >= 0.6 is 0 Å². The first-order valence-electron chi connectivity index (χ1n) is 17.3. The molecule has 10 heteroatoms. The number of carbonyl (C=O) groups excluding carboxylic acids is 4. The monoisotopic (exact) mass is 640 g/mol. The first kappa shape index (κ1) is 32.6. The van der Waals surface area contributed by atoms with Crippen LogP contribution in [-0.2, 0) is 20.8 Å². The van der Waals surface area contributed by atoms with Crippen molar-refractivity contribution >= 4 is 40.2 Å². The van der Waals surface area contributed by atoms with Gasteiger partial charge in [0.05, 0.1) is 0 Å². The van der Waals surface area contributed by atoms with E-state index in [1.807, 2.05) is 61.7 Å². The molecule has 3 aliphatic rings. The summed E-state index contributed by atoms with van der Waals surface area (Å²) in [4.78, 5) is 62.3. The Balaban J connectivity index is 1.25. The molecule has 3 aliphatic heterocycles. The molecule has 47 heavy (non-hydrogen) atoms. The van der Waals surface area contributed by atoms with E-state index in [1.165, 1.54) is 12.8 Å². The lowest BCUT2D eigenvalue weighted by Crippen LogP contribution is -2.55. The predicted molar refractivity (Wildman–Crippen MR) is 183 cm³/mol. The highest BCUT2D eigenvalue weighted by Gasteiger charge is 2.43. The fourth-order valence-electron chi connectivity index (χ4n) is 7.41. The van der Waals surface area contributed by atoms with Crippen LogP contribution in [0.5, 0.6) is 0 Å². The molecule has 0 radical (unpaired) electrons. The molecule has 3 saturated heterocycles. The fourth-order valence-corrected chi connectivity index (χ4v) is 7.41. The third kappa shape index (κ3) is 7.47. The SMILES string of the molecule is CC(C)[C@@H]1CC[C@@H](C)CC(=O)N[C@H](Cc2c[nH]c3ccccc23)C(=O)N2C[C@H](NC(=O)c3ccc(N4CCCC4)cc3)C[C@H]2C(=O)N1. The first-order valence-corrected chi connectivity index (χ1v) is 17.3. The van der Waals surface area contributed by atoms with Gasteiger partial charge in [-0.1, -0.05) is 39.0 Å². The Morgan fingerprint density at radius 2 is 1.72 bits per heavy atom. The molecule has 2 aromatic carbocycles. The molecule has 10 nitrogen and oxygen atoms in total. The Labute approximate surface area is 277 Å². The number of para-hydroxylation sites is 1. The second-order valence-corrected chi connectivity index (χ2v) is 14.1. The molecule has 4 amide bonds. The molecule has 6 rings (SSSR count). The average molecular weight is 641 g/mol. The Morgan fingerprint density at radius 1 is 0.979 bits per heavy atom. The lowest BCUT2D eigenvalue weighted by molar-refractivity contribution is -0.141. The average Bonchev–Trinajstić information content (AvgIpc) is 3.83. The molecular formula is C37H48N6O4.